The summed E-state index contributed by atoms with van der Waals surface area (Å²) in [6.45, 7) is 4.34. The molecule has 1 heterocycles. The Labute approximate surface area is 172 Å². The lowest BCUT2D eigenvalue weighted by Crippen LogP contribution is -2.63. The molecule has 0 radical (unpaired) electrons. The third kappa shape index (κ3) is 5.55. The zero-order valence-corrected chi connectivity index (χ0v) is 17.2. The maximum Gasteiger partial charge on any atom is 0.248 e. The van der Waals surface area contributed by atoms with E-state index in [1.54, 1.807) is 0 Å². The van der Waals surface area contributed by atoms with Crippen LogP contribution < -0.4 is 16.4 Å². The van der Waals surface area contributed by atoms with Crippen LogP contribution in [0, 0.1) is 46.3 Å². The Bertz CT molecular complexity index is 715. The number of nitrogens with zero attached hydrogens (tertiary/aromatic N) is 2. The first kappa shape index (κ1) is 22.8. The van der Waals surface area contributed by atoms with Crippen molar-refractivity contribution in [3.05, 3.63) is 0 Å². The first-order valence-corrected chi connectivity index (χ1v) is 10.4. The van der Waals surface area contributed by atoms with Gasteiger partial charge in [-0.1, -0.05) is 13.8 Å². The van der Waals surface area contributed by atoms with Crippen molar-refractivity contribution in [1.29, 1.82) is 10.5 Å². The highest BCUT2D eigenvalue weighted by molar-refractivity contribution is 6.11. The van der Waals surface area contributed by atoms with Crippen LogP contribution in [0.5, 0.6) is 0 Å². The van der Waals surface area contributed by atoms with Crippen LogP contribution in [0.15, 0.2) is 0 Å². The van der Waals surface area contributed by atoms with E-state index in [2.05, 4.69) is 16.7 Å². The van der Waals surface area contributed by atoms with Crippen molar-refractivity contribution in [3.8, 4) is 12.1 Å². The largest absolute Gasteiger partial charge is 0.356 e. The van der Waals surface area contributed by atoms with E-state index in [4.69, 9.17) is 11.0 Å². The molecule has 2 aliphatic rings. The molecule has 2 fully saturated rings. The fourth-order valence-electron chi connectivity index (χ4n) is 4.38. The van der Waals surface area contributed by atoms with Gasteiger partial charge in [-0.2, -0.15) is 10.5 Å². The van der Waals surface area contributed by atoms with Gasteiger partial charge in [-0.3, -0.25) is 14.4 Å². The Hall–Kier alpha value is -2.45. The Morgan fingerprint density at radius 2 is 1.90 bits per heavy atom. The number of amides is 2. The molecular weight excluding hydrogens is 370 g/mol. The minimum Gasteiger partial charge on any atom is -0.356 e. The molecule has 3 atom stereocenters. The Balaban J connectivity index is 2.11. The Morgan fingerprint density at radius 1 is 1.24 bits per heavy atom. The molecule has 2 amide bonds. The third-order valence-electron chi connectivity index (χ3n) is 6.00. The number of nitrogens with one attached hydrogen (secondary N) is 2. The third-order valence-corrected chi connectivity index (χ3v) is 6.00. The van der Waals surface area contributed by atoms with Crippen molar-refractivity contribution in [2.45, 2.75) is 70.4 Å². The Morgan fingerprint density at radius 3 is 2.38 bits per heavy atom. The highest BCUT2D eigenvalue weighted by Gasteiger charge is 2.46. The van der Waals surface area contributed by atoms with Crippen molar-refractivity contribution in [2.24, 2.45) is 29.4 Å². The zero-order chi connectivity index (χ0) is 21.6. The molecule has 0 aromatic rings. The van der Waals surface area contributed by atoms with E-state index >= 15 is 0 Å². The SMILES string of the molecule is CC(C)C[C@](N)(C(=O)N[C@H](C#N)C[C@@H]1CCNC1=O)C(=O)C1CCC(C#N)CC1. The van der Waals surface area contributed by atoms with Gasteiger partial charge in [0.1, 0.15) is 6.04 Å². The lowest BCUT2D eigenvalue weighted by atomic mass is 9.72. The van der Waals surface area contributed by atoms with Crippen LogP contribution in [0.1, 0.15) is 58.8 Å². The van der Waals surface area contributed by atoms with Crippen molar-refractivity contribution in [2.75, 3.05) is 6.54 Å². The molecule has 1 aliphatic heterocycles. The van der Waals surface area contributed by atoms with E-state index < -0.39 is 17.5 Å². The number of nitriles is 2. The van der Waals surface area contributed by atoms with Gasteiger partial charge in [0.2, 0.25) is 11.8 Å². The summed E-state index contributed by atoms with van der Waals surface area (Å²) >= 11 is 0. The van der Waals surface area contributed by atoms with Crippen molar-refractivity contribution in [1.82, 2.24) is 10.6 Å². The summed E-state index contributed by atoms with van der Waals surface area (Å²) in [5, 5.41) is 23.9. The van der Waals surface area contributed by atoms with Gasteiger partial charge in [-0.05, 0) is 50.9 Å². The second-order valence-electron chi connectivity index (χ2n) is 8.78. The molecule has 0 unspecified atom stereocenters. The average Bonchev–Trinajstić information content (AvgIpc) is 3.10. The first-order valence-electron chi connectivity index (χ1n) is 10.4. The smallest absolute Gasteiger partial charge is 0.248 e. The van der Waals surface area contributed by atoms with Crippen LogP contribution in [-0.2, 0) is 14.4 Å². The zero-order valence-electron chi connectivity index (χ0n) is 17.2. The Kier molecular flexibility index (Phi) is 7.75. The summed E-state index contributed by atoms with van der Waals surface area (Å²) in [6, 6.07) is 3.38. The predicted octanol–water partition coefficient (Wildman–Crippen LogP) is 1.16. The van der Waals surface area contributed by atoms with Gasteiger partial charge in [0.05, 0.1) is 12.1 Å². The second kappa shape index (κ2) is 9.84. The molecule has 1 saturated heterocycles. The van der Waals surface area contributed by atoms with Gasteiger partial charge in [0.15, 0.2) is 11.3 Å². The van der Waals surface area contributed by atoms with Gasteiger partial charge < -0.3 is 16.4 Å². The number of rotatable bonds is 8. The standard InChI is InChI=1S/C21H31N5O3/c1-13(2)10-21(24,18(27)15-5-3-14(11-22)4-6-15)20(29)26-17(12-23)9-16-7-8-25-19(16)28/h13-17H,3-10,24H2,1-2H3,(H,25,28)(H,26,29)/t14?,15?,16-,17-,21+/m0/s1. The maximum atomic E-state index is 13.2. The molecule has 1 saturated carbocycles. The predicted molar refractivity (Wildman–Crippen MR) is 106 cm³/mol. The number of nitrogens with two attached hydrogens (primary N) is 1. The first-order chi connectivity index (χ1) is 13.7. The van der Waals surface area contributed by atoms with Crippen molar-refractivity contribution < 1.29 is 14.4 Å². The monoisotopic (exact) mass is 401 g/mol. The molecule has 8 heteroatoms. The summed E-state index contributed by atoms with van der Waals surface area (Å²) in [5.41, 5.74) is 4.69. The molecule has 0 aromatic heterocycles. The van der Waals surface area contributed by atoms with E-state index in [-0.39, 0.29) is 48.2 Å². The van der Waals surface area contributed by atoms with Crippen LogP contribution in [0.4, 0.5) is 0 Å². The average molecular weight is 402 g/mol. The van der Waals surface area contributed by atoms with Crippen LogP contribution >= 0.6 is 0 Å². The normalized spacial score (nSPS) is 27.2. The number of carbonyl (C=O) groups is 3. The molecule has 4 N–H and O–H groups in total. The topological polar surface area (TPSA) is 149 Å². The van der Waals surface area contributed by atoms with E-state index in [1.165, 1.54) is 0 Å². The summed E-state index contributed by atoms with van der Waals surface area (Å²) in [7, 11) is 0. The van der Waals surface area contributed by atoms with Crippen molar-refractivity contribution in [3.63, 3.8) is 0 Å². The van der Waals surface area contributed by atoms with Crippen LogP contribution in [0.3, 0.4) is 0 Å². The van der Waals surface area contributed by atoms with Crippen LogP contribution in [0.2, 0.25) is 0 Å². The quantitative estimate of drug-likeness (QED) is 0.520. The van der Waals surface area contributed by atoms with Gasteiger partial charge in [0.25, 0.3) is 0 Å². The number of carbonyl (C=O) groups excluding carboxylic acids is 3. The van der Waals surface area contributed by atoms with Crippen LogP contribution in [-0.4, -0.2) is 35.7 Å². The van der Waals surface area contributed by atoms with Gasteiger partial charge in [0, 0.05) is 24.3 Å². The molecule has 8 nitrogen and oxygen atoms in total. The molecular formula is C21H31N5O3. The molecule has 0 spiro atoms. The summed E-state index contributed by atoms with van der Waals surface area (Å²) in [5.74, 6) is -1.80. The van der Waals surface area contributed by atoms with E-state index in [9.17, 15) is 19.6 Å². The molecule has 29 heavy (non-hydrogen) atoms. The van der Waals surface area contributed by atoms with Crippen molar-refractivity contribution >= 4 is 17.6 Å². The summed E-state index contributed by atoms with van der Waals surface area (Å²) in [6.07, 6.45) is 3.35. The molecule has 0 bridgehead atoms. The minimum absolute atomic E-state index is 0.00583. The highest BCUT2D eigenvalue weighted by atomic mass is 16.2. The van der Waals surface area contributed by atoms with Gasteiger partial charge in [-0.15, -0.1) is 0 Å². The molecule has 0 aromatic carbocycles. The van der Waals surface area contributed by atoms with Gasteiger partial charge >= 0.3 is 0 Å². The molecule has 158 valence electrons. The lowest BCUT2D eigenvalue weighted by Gasteiger charge is -2.34. The molecule has 2 rings (SSSR count). The van der Waals surface area contributed by atoms with E-state index in [0.717, 1.165) is 0 Å². The summed E-state index contributed by atoms with van der Waals surface area (Å²) in [4.78, 5) is 38.1. The fourth-order valence-corrected chi connectivity index (χ4v) is 4.38. The van der Waals surface area contributed by atoms with E-state index in [1.807, 2.05) is 19.9 Å². The second-order valence-corrected chi connectivity index (χ2v) is 8.78. The van der Waals surface area contributed by atoms with Gasteiger partial charge in [-0.25, -0.2) is 0 Å². The highest BCUT2D eigenvalue weighted by Crippen LogP contribution is 2.33. The number of hydrogen-bond donors (Lipinski definition) is 3. The van der Waals surface area contributed by atoms with Crippen LogP contribution in [0.25, 0.3) is 0 Å². The number of hydrogen-bond acceptors (Lipinski definition) is 6. The lowest BCUT2D eigenvalue weighted by molar-refractivity contribution is -0.140. The minimum atomic E-state index is -1.72. The summed E-state index contributed by atoms with van der Waals surface area (Å²) < 4.78 is 0. The number of ketones is 1. The fraction of sp³-hybridized carbons (Fsp3) is 0.762. The van der Waals surface area contributed by atoms with E-state index in [0.29, 0.717) is 38.6 Å². The molecule has 1 aliphatic carbocycles. The number of Topliss-reactive ketones (excluding diaryl/α,β-unsaturated/α-hetero) is 1. The maximum absolute atomic E-state index is 13.2.